The number of fused-ring (bicyclic) bond motifs is 1. The maximum atomic E-state index is 8.65. The Bertz CT molecular complexity index is 755. The fourth-order valence-electron chi connectivity index (χ4n) is 1.98. The van der Waals surface area contributed by atoms with Crippen molar-refractivity contribution in [2.45, 2.75) is 6.42 Å². The van der Waals surface area contributed by atoms with Crippen LogP contribution in [0.25, 0.3) is 22.3 Å². The Morgan fingerprint density at radius 2 is 1.68 bits per heavy atom. The molecule has 19 heavy (non-hydrogen) atoms. The number of rotatable bonds is 2. The maximum Gasteiger partial charge on any atom is 0.0894 e. The van der Waals surface area contributed by atoms with Gasteiger partial charge in [0.05, 0.1) is 35.4 Å². The first kappa shape index (κ1) is 11.4. The van der Waals surface area contributed by atoms with Crippen molar-refractivity contribution in [3.8, 4) is 17.3 Å². The van der Waals surface area contributed by atoms with Crippen molar-refractivity contribution in [3.63, 3.8) is 0 Å². The Morgan fingerprint density at radius 1 is 0.947 bits per heavy atom. The van der Waals surface area contributed by atoms with Crippen LogP contribution in [0, 0.1) is 11.3 Å². The van der Waals surface area contributed by atoms with Crippen LogP contribution >= 0.6 is 0 Å². The van der Waals surface area contributed by atoms with Crippen LogP contribution in [-0.2, 0) is 6.42 Å². The molecule has 0 saturated heterocycles. The van der Waals surface area contributed by atoms with E-state index < -0.39 is 0 Å². The van der Waals surface area contributed by atoms with Gasteiger partial charge in [-0.2, -0.15) is 5.26 Å². The lowest BCUT2D eigenvalue weighted by Gasteiger charge is -2.03. The second-order valence-electron chi connectivity index (χ2n) is 4.28. The molecule has 0 atom stereocenters. The van der Waals surface area contributed by atoms with E-state index in [1.165, 1.54) is 0 Å². The van der Waals surface area contributed by atoms with Gasteiger partial charge >= 0.3 is 0 Å². The maximum absolute atomic E-state index is 8.65. The molecule has 0 bridgehead atoms. The SMILES string of the molecule is N#CCc1ccc(-c2cnc3ccccc3n2)cc1. The largest absolute Gasteiger partial charge is 0.252 e. The van der Waals surface area contributed by atoms with Gasteiger partial charge in [-0.1, -0.05) is 36.4 Å². The average molecular weight is 245 g/mol. The summed E-state index contributed by atoms with van der Waals surface area (Å²) in [5, 5.41) is 8.65. The van der Waals surface area contributed by atoms with Gasteiger partial charge in [-0.3, -0.25) is 4.98 Å². The van der Waals surface area contributed by atoms with Crippen LogP contribution in [-0.4, -0.2) is 9.97 Å². The smallest absolute Gasteiger partial charge is 0.0894 e. The third-order valence-electron chi connectivity index (χ3n) is 2.98. The molecule has 0 saturated carbocycles. The minimum Gasteiger partial charge on any atom is -0.252 e. The van der Waals surface area contributed by atoms with E-state index in [4.69, 9.17) is 5.26 Å². The minimum absolute atomic E-state index is 0.434. The Morgan fingerprint density at radius 3 is 2.42 bits per heavy atom. The van der Waals surface area contributed by atoms with Gasteiger partial charge in [-0.15, -0.1) is 0 Å². The van der Waals surface area contributed by atoms with Gasteiger partial charge in [-0.25, -0.2) is 4.98 Å². The summed E-state index contributed by atoms with van der Waals surface area (Å²) in [6, 6.07) is 17.8. The minimum atomic E-state index is 0.434. The fraction of sp³-hybridized carbons (Fsp3) is 0.0625. The number of benzene rings is 2. The summed E-state index contributed by atoms with van der Waals surface area (Å²) in [4.78, 5) is 9.00. The van der Waals surface area contributed by atoms with Crippen molar-refractivity contribution in [3.05, 3.63) is 60.3 Å². The highest BCUT2D eigenvalue weighted by Crippen LogP contribution is 2.19. The lowest BCUT2D eigenvalue weighted by atomic mass is 10.1. The number of nitriles is 1. The predicted molar refractivity (Wildman–Crippen MR) is 74.3 cm³/mol. The Labute approximate surface area is 111 Å². The molecule has 3 heteroatoms. The summed E-state index contributed by atoms with van der Waals surface area (Å²) in [5.41, 5.74) is 4.66. The molecule has 3 aromatic rings. The summed E-state index contributed by atoms with van der Waals surface area (Å²) >= 11 is 0. The van der Waals surface area contributed by atoms with Gasteiger partial charge in [0.2, 0.25) is 0 Å². The lowest BCUT2D eigenvalue weighted by Crippen LogP contribution is -1.89. The summed E-state index contributed by atoms with van der Waals surface area (Å²) < 4.78 is 0. The van der Waals surface area contributed by atoms with Gasteiger partial charge in [0, 0.05) is 5.56 Å². The molecular formula is C16H11N3. The fourth-order valence-corrected chi connectivity index (χ4v) is 1.98. The van der Waals surface area contributed by atoms with Gasteiger partial charge in [0.25, 0.3) is 0 Å². The van der Waals surface area contributed by atoms with Crippen LogP contribution < -0.4 is 0 Å². The molecule has 0 aliphatic rings. The van der Waals surface area contributed by atoms with E-state index in [1.54, 1.807) is 6.20 Å². The monoisotopic (exact) mass is 245 g/mol. The summed E-state index contributed by atoms with van der Waals surface area (Å²) in [5.74, 6) is 0. The van der Waals surface area contributed by atoms with Gasteiger partial charge in [-0.05, 0) is 17.7 Å². The molecule has 1 heterocycles. The molecule has 0 radical (unpaired) electrons. The highest BCUT2D eigenvalue weighted by Gasteiger charge is 2.02. The predicted octanol–water partition coefficient (Wildman–Crippen LogP) is 3.36. The number of aromatic nitrogens is 2. The van der Waals surface area contributed by atoms with Gasteiger partial charge in [0.1, 0.15) is 0 Å². The normalized spacial score (nSPS) is 10.3. The van der Waals surface area contributed by atoms with Crippen molar-refractivity contribution in [2.75, 3.05) is 0 Å². The van der Waals surface area contributed by atoms with Crippen molar-refractivity contribution in [1.29, 1.82) is 5.26 Å². The lowest BCUT2D eigenvalue weighted by molar-refractivity contribution is 1.25. The molecule has 2 aromatic carbocycles. The van der Waals surface area contributed by atoms with Crippen molar-refractivity contribution in [1.82, 2.24) is 9.97 Å². The standard InChI is InChI=1S/C16H11N3/c17-10-9-12-5-7-13(8-6-12)16-11-18-14-3-1-2-4-15(14)19-16/h1-8,11H,9H2. The highest BCUT2D eigenvalue weighted by molar-refractivity contribution is 5.76. The molecule has 0 spiro atoms. The van der Waals surface area contributed by atoms with E-state index in [-0.39, 0.29) is 0 Å². The first-order valence-corrected chi connectivity index (χ1v) is 6.05. The van der Waals surface area contributed by atoms with E-state index in [0.29, 0.717) is 6.42 Å². The van der Waals surface area contributed by atoms with Crippen LogP contribution in [0.3, 0.4) is 0 Å². The van der Waals surface area contributed by atoms with Crippen LogP contribution in [0.5, 0.6) is 0 Å². The molecule has 0 fully saturated rings. The number of para-hydroxylation sites is 2. The van der Waals surface area contributed by atoms with Crippen LogP contribution in [0.4, 0.5) is 0 Å². The molecular weight excluding hydrogens is 234 g/mol. The number of hydrogen-bond acceptors (Lipinski definition) is 3. The third-order valence-corrected chi connectivity index (χ3v) is 2.98. The highest BCUT2D eigenvalue weighted by atomic mass is 14.8. The third kappa shape index (κ3) is 2.29. The molecule has 0 unspecified atom stereocenters. The van der Waals surface area contributed by atoms with Crippen LogP contribution in [0.1, 0.15) is 5.56 Å². The van der Waals surface area contributed by atoms with E-state index >= 15 is 0 Å². The van der Waals surface area contributed by atoms with E-state index in [2.05, 4.69) is 16.0 Å². The van der Waals surface area contributed by atoms with Crippen molar-refractivity contribution >= 4 is 11.0 Å². The second kappa shape index (κ2) is 4.87. The molecule has 3 rings (SSSR count). The Balaban J connectivity index is 2.01. The van der Waals surface area contributed by atoms with Gasteiger partial charge < -0.3 is 0 Å². The first-order valence-electron chi connectivity index (χ1n) is 6.05. The topological polar surface area (TPSA) is 49.6 Å². The number of nitrogens with zero attached hydrogens (tertiary/aromatic N) is 3. The Hall–Kier alpha value is -2.73. The second-order valence-corrected chi connectivity index (χ2v) is 4.28. The zero-order valence-corrected chi connectivity index (χ0v) is 10.2. The van der Waals surface area contributed by atoms with Gasteiger partial charge in [0.15, 0.2) is 0 Å². The van der Waals surface area contributed by atoms with E-state index in [1.807, 2.05) is 48.5 Å². The van der Waals surface area contributed by atoms with Crippen LogP contribution in [0.2, 0.25) is 0 Å². The number of hydrogen-bond donors (Lipinski definition) is 0. The molecule has 3 nitrogen and oxygen atoms in total. The zero-order valence-electron chi connectivity index (χ0n) is 10.2. The first-order chi connectivity index (χ1) is 9.36. The summed E-state index contributed by atoms with van der Waals surface area (Å²) in [6.45, 7) is 0. The molecule has 0 aliphatic carbocycles. The molecule has 0 aliphatic heterocycles. The van der Waals surface area contributed by atoms with Crippen LogP contribution in [0.15, 0.2) is 54.7 Å². The molecule has 0 amide bonds. The van der Waals surface area contributed by atoms with Crippen molar-refractivity contribution in [2.24, 2.45) is 0 Å². The zero-order chi connectivity index (χ0) is 13.1. The quantitative estimate of drug-likeness (QED) is 0.695. The molecule has 0 N–H and O–H groups in total. The average Bonchev–Trinajstić information content (AvgIpc) is 2.48. The summed E-state index contributed by atoms with van der Waals surface area (Å²) in [7, 11) is 0. The molecule has 90 valence electrons. The molecule has 1 aromatic heterocycles. The van der Waals surface area contributed by atoms with E-state index in [9.17, 15) is 0 Å². The van der Waals surface area contributed by atoms with E-state index in [0.717, 1.165) is 27.9 Å². The summed E-state index contributed by atoms with van der Waals surface area (Å²) in [6.07, 6.45) is 2.21. The Kier molecular flexibility index (Phi) is 2.91. The van der Waals surface area contributed by atoms with Crippen molar-refractivity contribution < 1.29 is 0 Å².